The van der Waals surface area contributed by atoms with Gasteiger partial charge in [0, 0.05) is 10.2 Å². The normalized spacial score (nSPS) is 11.3. The summed E-state index contributed by atoms with van der Waals surface area (Å²) in [5, 5.41) is 3.22. The minimum absolute atomic E-state index is 0.00512. The van der Waals surface area contributed by atoms with Crippen molar-refractivity contribution in [2.75, 3.05) is 16.6 Å². The number of hydrogen-bond donors (Lipinski definition) is 2. The highest BCUT2D eigenvalue weighted by Crippen LogP contribution is 2.32. The minimum Gasteiger partial charge on any atom is -0.492 e. The molecule has 0 spiro atoms. The van der Waals surface area contributed by atoms with Crippen LogP contribution in [0.1, 0.15) is 12.5 Å². The van der Waals surface area contributed by atoms with E-state index in [1.54, 1.807) is 25.1 Å². The van der Waals surface area contributed by atoms with Crippen LogP contribution in [0.15, 0.2) is 76.1 Å². The van der Waals surface area contributed by atoms with Crippen molar-refractivity contribution in [1.29, 1.82) is 0 Å². The summed E-state index contributed by atoms with van der Waals surface area (Å²) in [4.78, 5) is 9.17. The number of ether oxygens (including phenoxy) is 1. The molecular weight excluding hydrogens is 492 g/mol. The van der Waals surface area contributed by atoms with Crippen LogP contribution in [0.5, 0.6) is 5.75 Å². The number of aryl methyl sites for hydroxylation is 1. The van der Waals surface area contributed by atoms with Crippen LogP contribution in [0.2, 0.25) is 0 Å². The number of rotatable bonds is 7. The maximum atomic E-state index is 13.3. The molecule has 0 amide bonds. The zero-order chi connectivity index (χ0) is 22.7. The third-order valence-electron chi connectivity index (χ3n) is 4.69. The molecule has 0 fully saturated rings. The number of nitrogens with one attached hydrogen (secondary N) is 2. The number of aromatic nitrogens is 2. The summed E-state index contributed by atoms with van der Waals surface area (Å²) in [6, 6.07) is 19.8. The molecule has 0 saturated heterocycles. The van der Waals surface area contributed by atoms with E-state index in [2.05, 4.69) is 35.9 Å². The summed E-state index contributed by atoms with van der Waals surface area (Å²) >= 11 is 3.34. The van der Waals surface area contributed by atoms with Crippen LogP contribution in [-0.4, -0.2) is 25.0 Å². The van der Waals surface area contributed by atoms with Crippen molar-refractivity contribution in [1.82, 2.24) is 9.97 Å². The maximum absolute atomic E-state index is 13.3. The molecule has 0 unspecified atom stereocenters. The van der Waals surface area contributed by atoms with Gasteiger partial charge in [-0.3, -0.25) is 4.72 Å². The van der Waals surface area contributed by atoms with E-state index in [1.165, 1.54) is 6.07 Å². The molecule has 0 saturated carbocycles. The van der Waals surface area contributed by atoms with Crippen LogP contribution < -0.4 is 14.8 Å². The molecule has 0 atom stereocenters. The van der Waals surface area contributed by atoms with E-state index in [0.717, 1.165) is 11.3 Å². The van der Waals surface area contributed by atoms with Crippen molar-refractivity contribution in [2.45, 2.75) is 18.7 Å². The van der Waals surface area contributed by atoms with E-state index in [-0.39, 0.29) is 16.5 Å². The van der Waals surface area contributed by atoms with Crippen LogP contribution in [0.25, 0.3) is 11.0 Å². The fourth-order valence-electron chi connectivity index (χ4n) is 3.15. The topological polar surface area (TPSA) is 93.2 Å². The molecule has 0 radical (unpaired) electrons. The van der Waals surface area contributed by atoms with Crippen molar-refractivity contribution in [2.24, 2.45) is 0 Å². The lowest BCUT2D eigenvalue weighted by molar-refractivity contribution is 0.331. The van der Waals surface area contributed by atoms with Gasteiger partial charge < -0.3 is 10.1 Å². The molecule has 1 heterocycles. The monoisotopic (exact) mass is 512 g/mol. The minimum atomic E-state index is -4.03. The first-order valence-corrected chi connectivity index (χ1v) is 12.2. The lowest BCUT2D eigenvalue weighted by Crippen LogP contribution is -2.17. The van der Waals surface area contributed by atoms with Crippen molar-refractivity contribution >= 4 is 54.3 Å². The van der Waals surface area contributed by atoms with Gasteiger partial charge in [-0.1, -0.05) is 46.3 Å². The van der Waals surface area contributed by atoms with Crippen LogP contribution in [0, 0.1) is 6.92 Å². The SMILES string of the molecule is CCOc1ccc(Br)cc1S(=O)(=O)Nc1nc2ccccc2nc1Nc1ccccc1C. The average molecular weight is 513 g/mol. The molecule has 3 aromatic carbocycles. The number of fused-ring (bicyclic) bond motifs is 1. The molecule has 1 aromatic heterocycles. The zero-order valence-corrected chi connectivity index (χ0v) is 19.9. The molecule has 4 rings (SSSR count). The Morgan fingerprint density at radius 2 is 1.59 bits per heavy atom. The molecule has 0 aliphatic carbocycles. The predicted octanol–water partition coefficient (Wildman–Crippen LogP) is 5.64. The number of anilines is 3. The number of nitrogens with zero attached hydrogens (tertiary/aromatic N) is 2. The van der Waals surface area contributed by atoms with Crippen LogP contribution in [0.4, 0.5) is 17.3 Å². The Kier molecular flexibility index (Phi) is 6.29. The lowest BCUT2D eigenvalue weighted by Gasteiger charge is -2.16. The van der Waals surface area contributed by atoms with Gasteiger partial charge in [0.05, 0.1) is 17.6 Å². The number of halogens is 1. The Labute approximate surface area is 195 Å². The van der Waals surface area contributed by atoms with E-state index in [9.17, 15) is 8.42 Å². The van der Waals surface area contributed by atoms with Gasteiger partial charge in [-0.05, 0) is 55.8 Å². The highest BCUT2D eigenvalue weighted by atomic mass is 79.9. The third kappa shape index (κ3) is 4.68. The smallest absolute Gasteiger partial charge is 0.266 e. The van der Waals surface area contributed by atoms with E-state index < -0.39 is 10.0 Å². The average Bonchev–Trinajstić information content (AvgIpc) is 2.77. The first-order valence-electron chi connectivity index (χ1n) is 9.92. The Hall–Kier alpha value is -3.17. The summed E-state index contributed by atoms with van der Waals surface area (Å²) in [5.41, 5.74) is 3.00. The molecule has 2 N–H and O–H groups in total. The summed E-state index contributed by atoms with van der Waals surface area (Å²) in [6.45, 7) is 4.08. The molecule has 9 heteroatoms. The fraction of sp³-hybridized carbons (Fsp3) is 0.130. The van der Waals surface area contributed by atoms with Crippen molar-refractivity contribution < 1.29 is 13.2 Å². The second-order valence-electron chi connectivity index (χ2n) is 6.98. The maximum Gasteiger partial charge on any atom is 0.266 e. The largest absolute Gasteiger partial charge is 0.492 e. The second-order valence-corrected chi connectivity index (χ2v) is 9.55. The van der Waals surface area contributed by atoms with Crippen molar-refractivity contribution in [3.63, 3.8) is 0 Å². The molecule has 0 aliphatic rings. The van der Waals surface area contributed by atoms with Crippen molar-refractivity contribution in [3.05, 3.63) is 76.8 Å². The lowest BCUT2D eigenvalue weighted by atomic mass is 10.2. The Morgan fingerprint density at radius 1 is 0.938 bits per heavy atom. The van der Waals surface area contributed by atoms with Crippen LogP contribution >= 0.6 is 15.9 Å². The Bertz CT molecular complexity index is 1390. The predicted molar refractivity (Wildman–Crippen MR) is 130 cm³/mol. The number of benzene rings is 3. The van der Waals surface area contributed by atoms with Gasteiger partial charge in [-0.25, -0.2) is 18.4 Å². The van der Waals surface area contributed by atoms with Gasteiger partial charge in [0.25, 0.3) is 10.0 Å². The molecule has 164 valence electrons. The summed E-state index contributed by atoms with van der Waals surface area (Å²) in [6.07, 6.45) is 0. The molecule has 0 aliphatic heterocycles. The van der Waals surface area contributed by atoms with E-state index in [0.29, 0.717) is 27.9 Å². The van der Waals surface area contributed by atoms with Gasteiger partial charge >= 0.3 is 0 Å². The van der Waals surface area contributed by atoms with E-state index in [1.807, 2.05) is 49.4 Å². The van der Waals surface area contributed by atoms with E-state index in [4.69, 9.17) is 4.74 Å². The highest BCUT2D eigenvalue weighted by molar-refractivity contribution is 9.10. The number of hydrogen-bond acceptors (Lipinski definition) is 6. The summed E-state index contributed by atoms with van der Waals surface area (Å²) in [5.74, 6) is 0.647. The Balaban J connectivity index is 1.81. The molecular formula is C23H21BrN4O3S. The summed E-state index contributed by atoms with van der Waals surface area (Å²) in [7, 11) is -4.03. The fourth-order valence-corrected chi connectivity index (χ4v) is 4.84. The van der Waals surface area contributed by atoms with Gasteiger partial charge in [-0.2, -0.15) is 0 Å². The van der Waals surface area contributed by atoms with Crippen LogP contribution in [-0.2, 0) is 10.0 Å². The second kappa shape index (κ2) is 9.13. The first kappa shape index (κ1) is 22.0. The number of sulfonamides is 1. The molecule has 7 nitrogen and oxygen atoms in total. The van der Waals surface area contributed by atoms with Gasteiger partial charge in [-0.15, -0.1) is 0 Å². The Morgan fingerprint density at radius 3 is 2.28 bits per heavy atom. The van der Waals surface area contributed by atoms with Gasteiger partial charge in [0.1, 0.15) is 10.6 Å². The van der Waals surface area contributed by atoms with E-state index >= 15 is 0 Å². The molecule has 0 bridgehead atoms. The molecule has 32 heavy (non-hydrogen) atoms. The highest BCUT2D eigenvalue weighted by Gasteiger charge is 2.23. The van der Waals surface area contributed by atoms with Crippen molar-refractivity contribution in [3.8, 4) is 5.75 Å². The molecule has 4 aromatic rings. The first-order chi connectivity index (χ1) is 15.4. The van der Waals surface area contributed by atoms with Gasteiger partial charge in [0.15, 0.2) is 11.6 Å². The van der Waals surface area contributed by atoms with Gasteiger partial charge in [0.2, 0.25) is 0 Å². The van der Waals surface area contributed by atoms with Crippen LogP contribution in [0.3, 0.4) is 0 Å². The third-order valence-corrected chi connectivity index (χ3v) is 6.55. The summed E-state index contributed by atoms with van der Waals surface area (Å²) < 4.78 is 35.4. The number of para-hydroxylation sites is 3. The zero-order valence-electron chi connectivity index (χ0n) is 17.5. The standard InChI is InChI=1S/C23H21BrN4O3S/c1-3-31-20-13-12-16(24)14-21(20)32(29,30)28-23-22(25-17-9-5-4-8-15(17)2)26-18-10-6-7-11-19(18)27-23/h4-14H,3H2,1-2H3,(H,25,26)(H,27,28). The quantitative estimate of drug-likeness (QED) is 0.332.